The van der Waals surface area contributed by atoms with E-state index in [1.165, 1.54) is 98.5 Å². The second-order valence-corrected chi connectivity index (χ2v) is 23.2. The zero-order valence-corrected chi connectivity index (χ0v) is 48.1. The van der Waals surface area contributed by atoms with E-state index in [4.69, 9.17) is 8.83 Å². The number of fused-ring (bicyclic) bond motifs is 16. The summed E-state index contributed by atoms with van der Waals surface area (Å²) < 4.78 is 18.7. The molecular weight excluding hydrogens is 1060 g/mol. The molecule has 0 spiro atoms. The highest BCUT2D eigenvalue weighted by Gasteiger charge is 2.32. The molecule has 12 aromatic carbocycles. The third-order valence-electron chi connectivity index (χ3n) is 18.3. The molecule has 6 heteroatoms. The van der Waals surface area contributed by atoms with Crippen LogP contribution in [0.5, 0.6) is 0 Å². The van der Waals surface area contributed by atoms with Crippen LogP contribution in [0.15, 0.2) is 264 Å². The molecule has 0 radical (unpaired) electrons. The van der Waals surface area contributed by atoms with Gasteiger partial charge in [-0.3, -0.25) is 0 Å². The highest BCUT2D eigenvalue weighted by Crippen LogP contribution is 2.55. The number of furan rings is 2. The molecule has 87 heavy (non-hydrogen) atoms. The second kappa shape index (κ2) is 18.6. The summed E-state index contributed by atoms with van der Waals surface area (Å²) >= 11 is 0. The minimum atomic E-state index is 0.752. The number of aryl methyl sites for hydroxylation is 2. The van der Waals surface area contributed by atoms with Gasteiger partial charge in [-0.1, -0.05) is 194 Å². The van der Waals surface area contributed by atoms with Gasteiger partial charge in [0.25, 0.3) is 0 Å². The minimum Gasteiger partial charge on any atom is -0.454 e. The van der Waals surface area contributed by atoms with Crippen LogP contribution in [0.1, 0.15) is 29.4 Å². The van der Waals surface area contributed by atoms with Crippen molar-refractivity contribution >= 4 is 155 Å². The fourth-order valence-corrected chi connectivity index (χ4v) is 14.7. The van der Waals surface area contributed by atoms with Gasteiger partial charge in [-0.25, -0.2) is 0 Å². The van der Waals surface area contributed by atoms with E-state index in [-0.39, 0.29) is 0 Å². The SMILES string of the molecule is C=Cc1oc2c(N(c3ccc(C)cc3)c3ccc4c(c3)c3cccc5c6c(-c7ccccc7)c7c(c(-c8ccccc8)c6n4c35)c3cccc4c5cc(N(c6ccc(C)cc6)c6cccc8c6oc6ccccc68)ccc5n7c43)cccc2c1/C=C\C. The highest BCUT2D eigenvalue weighted by molar-refractivity contribution is 6.38. The number of hydrogen-bond acceptors (Lipinski definition) is 4. The van der Waals surface area contributed by atoms with Crippen LogP contribution >= 0.6 is 0 Å². The zero-order valence-electron chi connectivity index (χ0n) is 48.1. The summed E-state index contributed by atoms with van der Waals surface area (Å²) in [5.74, 6) is 0.752. The van der Waals surface area contributed by atoms with Gasteiger partial charge in [0.05, 0.1) is 44.5 Å². The first-order valence-electron chi connectivity index (χ1n) is 29.9. The summed E-state index contributed by atoms with van der Waals surface area (Å²) in [6.45, 7) is 10.5. The molecule has 0 amide bonds. The van der Waals surface area contributed by atoms with Gasteiger partial charge in [0.2, 0.25) is 0 Å². The molecule has 0 aliphatic carbocycles. The van der Waals surface area contributed by atoms with Gasteiger partial charge in [-0.2, -0.15) is 0 Å². The van der Waals surface area contributed by atoms with E-state index in [2.05, 4.69) is 288 Å². The number of rotatable bonds is 10. The Balaban J connectivity index is 0.933. The van der Waals surface area contributed by atoms with Crippen molar-refractivity contribution in [2.45, 2.75) is 20.8 Å². The standard InChI is InChI=1S/C81H54N4O2/c1-5-19-56-60-27-17-31-68(80(60)86-70(56)6-2)82(52-38-34-48(3)35-39-52)54-42-44-66-64(46-54)58-25-15-29-62-74-73(51-22-11-8-12-23-51)79-75(72(50-20-9-7-10-21-50)78(74)84(66)76(58)62)63-30-16-26-59-65-47-55(43-45-67(65)85(79)77(59)63)83(53-40-36-49(4)37-41-53)69-32-18-28-61-57-24-13-14-33-71(57)87-81(61)69/h5-47H,2H2,1,3-4H3/b19-5-. The normalized spacial score (nSPS) is 12.3. The molecule has 6 nitrogen and oxygen atoms in total. The Hall–Kier alpha value is -11.3. The Morgan fingerprint density at radius 2 is 0.816 bits per heavy atom. The number of para-hydroxylation sites is 5. The van der Waals surface area contributed by atoms with Crippen LogP contribution < -0.4 is 9.80 Å². The fourth-order valence-electron chi connectivity index (χ4n) is 14.7. The van der Waals surface area contributed by atoms with E-state index >= 15 is 0 Å². The second-order valence-electron chi connectivity index (χ2n) is 23.2. The lowest BCUT2D eigenvalue weighted by molar-refractivity contribution is 0.604. The predicted octanol–water partition coefficient (Wildman–Crippen LogP) is 23.2. The third kappa shape index (κ3) is 6.92. The molecule has 0 saturated carbocycles. The molecule has 410 valence electrons. The van der Waals surface area contributed by atoms with Crippen molar-refractivity contribution in [1.82, 2.24) is 8.80 Å². The smallest absolute Gasteiger partial charge is 0.159 e. The Labute approximate surface area is 500 Å². The Kier molecular flexibility index (Phi) is 10.5. The van der Waals surface area contributed by atoms with Crippen molar-refractivity contribution < 1.29 is 8.83 Å². The molecule has 0 saturated heterocycles. The van der Waals surface area contributed by atoms with E-state index in [0.717, 1.165) is 89.4 Å². The lowest BCUT2D eigenvalue weighted by Crippen LogP contribution is -2.10. The monoisotopic (exact) mass is 1110 g/mol. The van der Waals surface area contributed by atoms with Crippen LogP contribution in [0.25, 0.3) is 144 Å². The molecule has 6 aromatic heterocycles. The fraction of sp³-hybridized carbons (Fsp3) is 0.0370. The third-order valence-corrected chi connectivity index (χ3v) is 18.3. The molecule has 18 rings (SSSR count). The van der Waals surface area contributed by atoms with Crippen LogP contribution in [0.4, 0.5) is 34.1 Å². The van der Waals surface area contributed by atoms with E-state index in [9.17, 15) is 0 Å². The summed E-state index contributed by atoms with van der Waals surface area (Å²) in [5, 5.41) is 12.9. The average Bonchev–Trinajstić information content (AvgIpc) is 1.57. The van der Waals surface area contributed by atoms with Crippen molar-refractivity contribution in [2.75, 3.05) is 9.80 Å². The molecule has 0 aliphatic rings. The largest absolute Gasteiger partial charge is 0.454 e. The summed E-state index contributed by atoms with van der Waals surface area (Å²) in [6.07, 6.45) is 5.99. The summed E-state index contributed by atoms with van der Waals surface area (Å²) in [4.78, 5) is 4.72. The number of hydrogen-bond donors (Lipinski definition) is 0. The van der Waals surface area contributed by atoms with E-state index < -0.39 is 0 Å². The zero-order chi connectivity index (χ0) is 57.8. The highest BCUT2D eigenvalue weighted by atomic mass is 16.3. The van der Waals surface area contributed by atoms with Crippen LogP contribution in [-0.2, 0) is 0 Å². The first kappa shape index (κ1) is 49.1. The van der Waals surface area contributed by atoms with Gasteiger partial charge in [0, 0.05) is 98.7 Å². The van der Waals surface area contributed by atoms with E-state index in [1.807, 2.05) is 19.1 Å². The quantitative estimate of drug-likeness (QED) is 0.137. The first-order chi connectivity index (χ1) is 42.9. The Morgan fingerprint density at radius 3 is 1.33 bits per heavy atom. The number of benzene rings is 12. The van der Waals surface area contributed by atoms with Crippen molar-refractivity contribution in [3.63, 3.8) is 0 Å². The topological polar surface area (TPSA) is 41.6 Å². The van der Waals surface area contributed by atoms with Crippen molar-refractivity contribution in [2.24, 2.45) is 0 Å². The molecule has 0 N–H and O–H groups in total. The summed E-state index contributed by atoms with van der Waals surface area (Å²) in [5.41, 5.74) is 24.0. The molecule has 0 atom stereocenters. The molecule has 6 heterocycles. The lowest BCUT2D eigenvalue weighted by atomic mass is 9.89. The first-order valence-corrected chi connectivity index (χ1v) is 29.9. The molecule has 18 aromatic rings. The summed E-state index contributed by atoms with van der Waals surface area (Å²) in [7, 11) is 0. The van der Waals surface area contributed by atoms with Crippen LogP contribution in [0.2, 0.25) is 0 Å². The van der Waals surface area contributed by atoms with Gasteiger partial charge in [0.15, 0.2) is 11.2 Å². The van der Waals surface area contributed by atoms with Crippen molar-refractivity contribution in [3.05, 3.63) is 278 Å². The maximum absolute atomic E-state index is 6.78. The molecule has 0 fully saturated rings. The number of aromatic nitrogens is 2. The molecule has 0 bridgehead atoms. The number of nitrogens with zero attached hydrogens (tertiary/aromatic N) is 4. The molecular formula is C81H54N4O2. The van der Waals surface area contributed by atoms with Crippen molar-refractivity contribution in [1.29, 1.82) is 0 Å². The van der Waals surface area contributed by atoms with E-state index in [1.54, 1.807) is 0 Å². The predicted molar refractivity (Wildman–Crippen MR) is 367 cm³/mol. The summed E-state index contributed by atoms with van der Waals surface area (Å²) in [6, 6.07) is 89.2. The molecule has 0 unspecified atom stereocenters. The Morgan fingerprint density at radius 1 is 0.379 bits per heavy atom. The van der Waals surface area contributed by atoms with Crippen LogP contribution in [0, 0.1) is 13.8 Å². The number of anilines is 6. The van der Waals surface area contributed by atoms with Gasteiger partial charge in [-0.05, 0) is 117 Å². The molecule has 0 aliphatic heterocycles. The van der Waals surface area contributed by atoms with Gasteiger partial charge < -0.3 is 27.4 Å². The number of allylic oxidation sites excluding steroid dienone is 1. The maximum Gasteiger partial charge on any atom is 0.159 e. The lowest BCUT2D eigenvalue weighted by Gasteiger charge is -2.26. The minimum absolute atomic E-state index is 0.752. The maximum atomic E-state index is 6.78. The van der Waals surface area contributed by atoms with Crippen LogP contribution in [0.3, 0.4) is 0 Å². The van der Waals surface area contributed by atoms with Gasteiger partial charge >= 0.3 is 0 Å². The van der Waals surface area contributed by atoms with Crippen LogP contribution in [-0.4, -0.2) is 8.80 Å². The van der Waals surface area contributed by atoms with Gasteiger partial charge in [0.1, 0.15) is 11.3 Å². The van der Waals surface area contributed by atoms with E-state index in [0.29, 0.717) is 0 Å². The van der Waals surface area contributed by atoms with Crippen molar-refractivity contribution in [3.8, 4) is 22.3 Å². The Bertz CT molecular complexity index is 5860. The van der Waals surface area contributed by atoms with Gasteiger partial charge in [-0.15, -0.1) is 0 Å². The average molecular weight is 1120 g/mol.